The lowest BCUT2D eigenvalue weighted by molar-refractivity contribution is -0.123. The zero-order valence-electron chi connectivity index (χ0n) is 10.9. The maximum atomic E-state index is 12.0. The summed E-state index contributed by atoms with van der Waals surface area (Å²) in [6.45, 7) is 3.17. The van der Waals surface area contributed by atoms with E-state index >= 15 is 0 Å². The lowest BCUT2D eigenvalue weighted by Gasteiger charge is -2.17. The highest BCUT2D eigenvalue weighted by Gasteiger charge is 2.25. The van der Waals surface area contributed by atoms with Crippen LogP contribution in [0.1, 0.15) is 29.3 Å². The van der Waals surface area contributed by atoms with Gasteiger partial charge in [0.2, 0.25) is 0 Å². The quantitative estimate of drug-likeness (QED) is 0.821. The molecule has 1 aliphatic rings. The van der Waals surface area contributed by atoms with Crippen LogP contribution in [-0.4, -0.2) is 36.7 Å². The summed E-state index contributed by atoms with van der Waals surface area (Å²) in [6, 6.07) is 4.91. The number of ether oxygens (including phenoxy) is 1. The van der Waals surface area contributed by atoms with E-state index in [0.29, 0.717) is 18.8 Å². The molecule has 1 N–H and O–H groups in total. The highest BCUT2D eigenvalue weighted by atomic mass is 16.5. The molecule has 0 aromatic heterocycles. The molecule has 102 valence electrons. The highest BCUT2D eigenvalue weighted by molar-refractivity contribution is 5.98. The van der Waals surface area contributed by atoms with Gasteiger partial charge in [-0.3, -0.25) is 4.79 Å². The van der Waals surface area contributed by atoms with Crippen LogP contribution >= 0.6 is 0 Å². The fourth-order valence-corrected chi connectivity index (χ4v) is 2.15. The summed E-state index contributed by atoms with van der Waals surface area (Å²) in [7, 11) is 0. The molecule has 1 heterocycles. The Morgan fingerprint density at radius 3 is 2.89 bits per heavy atom. The molecule has 5 heteroatoms. The molecule has 1 aromatic rings. The second-order valence-electron chi connectivity index (χ2n) is 4.50. The van der Waals surface area contributed by atoms with E-state index in [4.69, 9.17) is 9.84 Å². The first-order valence-corrected chi connectivity index (χ1v) is 6.37. The number of amides is 1. The van der Waals surface area contributed by atoms with Gasteiger partial charge in [-0.15, -0.1) is 0 Å². The average Bonchev–Trinajstić information content (AvgIpc) is 2.81. The number of carbonyl (C=O) groups is 2. The second-order valence-corrected chi connectivity index (χ2v) is 4.50. The first-order chi connectivity index (χ1) is 9.13. The normalized spacial score (nSPS) is 13.4. The molecule has 1 aromatic carbocycles. The molecule has 0 fully saturated rings. The summed E-state index contributed by atoms with van der Waals surface area (Å²) >= 11 is 0. The molecule has 0 spiro atoms. The number of carbonyl (C=O) groups excluding carboxylic acids is 1. The topological polar surface area (TPSA) is 66.8 Å². The van der Waals surface area contributed by atoms with E-state index in [-0.39, 0.29) is 18.1 Å². The minimum absolute atomic E-state index is 0.0462. The van der Waals surface area contributed by atoms with Gasteiger partial charge in [0.05, 0.1) is 5.56 Å². The van der Waals surface area contributed by atoms with E-state index in [2.05, 4.69) is 0 Å². The average molecular weight is 263 g/mol. The van der Waals surface area contributed by atoms with Gasteiger partial charge in [0, 0.05) is 18.8 Å². The van der Waals surface area contributed by atoms with E-state index in [9.17, 15) is 9.59 Å². The van der Waals surface area contributed by atoms with Gasteiger partial charge in [-0.1, -0.05) is 13.0 Å². The maximum Gasteiger partial charge on any atom is 0.335 e. The van der Waals surface area contributed by atoms with Crippen molar-refractivity contribution in [3.05, 3.63) is 29.3 Å². The predicted molar refractivity (Wildman–Crippen MR) is 70.6 cm³/mol. The molecule has 19 heavy (non-hydrogen) atoms. The van der Waals surface area contributed by atoms with Crippen LogP contribution in [0.3, 0.4) is 0 Å². The van der Waals surface area contributed by atoms with Crippen LogP contribution in [-0.2, 0) is 16.0 Å². The van der Waals surface area contributed by atoms with Crippen molar-refractivity contribution in [2.45, 2.75) is 19.8 Å². The third-order valence-corrected chi connectivity index (χ3v) is 3.10. The molecule has 0 unspecified atom stereocenters. The Hall–Kier alpha value is -1.88. The molecule has 0 saturated heterocycles. The SMILES string of the molecule is CCCOCC(=O)N1CCc2ccc(C(=O)O)cc21. The van der Waals surface area contributed by atoms with Crippen LogP contribution in [0, 0.1) is 0 Å². The minimum Gasteiger partial charge on any atom is -0.478 e. The van der Waals surface area contributed by atoms with E-state index in [1.807, 2.05) is 6.92 Å². The van der Waals surface area contributed by atoms with Gasteiger partial charge in [0.15, 0.2) is 0 Å². The van der Waals surface area contributed by atoms with Crippen molar-refractivity contribution in [1.82, 2.24) is 0 Å². The summed E-state index contributed by atoms with van der Waals surface area (Å²) in [6.07, 6.45) is 1.63. The Kier molecular flexibility index (Phi) is 4.16. The number of carboxylic acid groups (broad SMARTS) is 1. The van der Waals surface area contributed by atoms with Gasteiger partial charge in [-0.25, -0.2) is 4.79 Å². The summed E-state index contributed by atoms with van der Waals surface area (Å²) < 4.78 is 5.24. The maximum absolute atomic E-state index is 12.0. The Bertz CT molecular complexity index is 498. The molecule has 5 nitrogen and oxygen atoms in total. The van der Waals surface area contributed by atoms with Crippen LogP contribution < -0.4 is 4.90 Å². The summed E-state index contributed by atoms with van der Waals surface area (Å²) in [5.74, 6) is -1.10. The van der Waals surface area contributed by atoms with E-state index in [1.165, 1.54) is 0 Å². The highest BCUT2D eigenvalue weighted by Crippen LogP contribution is 2.29. The Morgan fingerprint density at radius 1 is 1.42 bits per heavy atom. The van der Waals surface area contributed by atoms with Crippen molar-refractivity contribution in [3.63, 3.8) is 0 Å². The molecular formula is C14H17NO4. The number of hydrogen-bond donors (Lipinski definition) is 1. The molecule has 1 aliphatic heterocycles. The minimum atomic E-state index is -0.982. The largest absolute Gasteiger partial charge is 0.478 e. The first kappa shape index (κ1) is 13.5. The predicted octanol–water partition coefficient (Wildman–Crippen LogP) is 1.70. The molecular weight excluding hydrogens is 246 g/mol. The molecule has 0 saturated carbocycles. The molecule has 1 amide bonds. The number of fused-ring (bicyclic) bond motifs is 1. The third kappa shape index (κ3) is 2.93. The van der Waals surface area contributed by atoms with Gasteiger partial charge in [0.25, 0.3) is 5.91 Å². The fourth-order valence-electron chi connectivity index (χ4n) is 2.15. The van der Waals surface area contributed by atoms with Crippen LogP contribution in [0.15, 0.2) is 18.2 Å². The number of nitrogens with zero attached hydrogens (tertiary/aromatic N) is 1. The molecule has 0 atom stereocenters. The van der Waals surface area contributed by atoms with Crippen molar-refractivity contribution < 1.29 is 19.4 Å². The summed E-state index contributed by atoms with van der Waals surface area (Å²) in [4.78, 5) is 24.6. The van der Waals surface area contributed by atoms with Gasteiger partial charge in [-0.05, 0) is 30.5 Å². The summed E-state index contributed by atoms with van der Waals surface area (Å²) in [5, 5.41) is 8.99. The molecule has 0 radical (unpaired) electrons. The lowest BCUT2D eigenvalue weighted by atomic mass is 10.1. The number of aromatic carboxylic acids is 1. The second kappa shape index (κ2) is 5.84. The monoisotopic (exact) mass is 263 g/mol. The van der Waals surface area contributed by atoms with Gasteiger partial charge in [0.1, 0.15) is 6.61 Å². The van der Waals surface area contributed by atoms with Gasteiger partial charge in [-0.2, -0.15) is 0 Å². The number of benzene rings is 1. The molecule has 0 bridgehead atoms. The van der Waals surface area contributed by atoms with Gasteiger partial charge < -0.3 is 14.7 Å². The standard InChI is InChI=1S/C14H17NO4/c1-2-7-19-9-13(16)15-6-5-10-3-4-11(14(17)18)8-12(10)15/h3-4,8H,2,5-7,9H2,1H3,(H,17,18). The lowest BCUT2D eigenvalue weighted by Crippen LogP contribution is -2.32. The fraction of sp³-hybridized carbons (Fsp3) is 0.429. The van der Waals surface area contributed by atoms with Crippen LogP contribution in [0.5, 0.6) is 0 Å². The van der Waals surface area contributed by atoms with Crippen molar-refractivity contribution in [2.75, 3.05) is 24.7 Å². The van der Waals surface area contributed by atoms with E-state index in [1.54, 1.807) is 23.1 Å². The smallest absolute Gasteiger partial charge is 0.335 e. The number of carboxylic acids is 1. The van der Waals surface area contributed by atoms with Crippen LogP contribution in [0.4, 0.5) is 5.69 Å². The first-order valence-electron chi connectivity index (χ1n) is 6.37. The zero-order valence-corrected chi connectivity index (χ0v) is 10.9. The van der Waals surface area contributed by atoms with Crippen LogP contribution in [0.25, 0.3) is 0 Å². The Labute approximate surface area is 111 Å². The van der Waals surface area contributed by atoms with Crippen LogP contribution in [0.2, 0.25) is 0 Å². The van der Waals surface area contributed by atoms with E-state index < -0.39 is 5.97 Å². The Balaban J connectivity index is 2.13. The number of hydrogen-bond acceptors (Lipinski definition) is 3. The molecule has 0 aliphatic carbocycles. The third-order valence-electron chi connectivity index (χ3n) is 3.10. The summed E-state index contributed by atoms with van der Waals surface area (Å²) in [5.41, 5.74) is 1.91. The van der Waals surface area contributed by atoms with Gasteiger partial charge >= 0.3 is 5.97 Å². The van der Waals surface area contributed by atoms with Crippen molar-refractivity contribution >= 4 is 17.6 Å². The van der Waals surface area contributed by atoms with Crippen molar-refractivity contribution in [2.24, 2.45) is 0 Å². The van der Waals surface area contributed by atoms with E-state index in [0.717, 1.165) is 18.4 Å². The number of rotatable bonds is 5. The zero-order chi connectivity index (χ0) is 13.8. The Morgan fingerprint density at radius 2 is 2.21 bits per heavy atom. The van der Waals surface area contributed by atoms with Crippen molar-refractivity contribution in [3.8, 4) is 0 Å². The van der Waals surface area contributed by atoms with Crippen molar-refractivity contribution in [1.29, 1.82) is 0 Å². The molecule has 2 rings (SSSR count). The number of anilines is 1.